The lowest BCUT2D eigenvalue weighted by molar-refractivity contribution is -0.139. The Balaban J connectivity index is 1.74. The summed E-state index contributed by atoms with van der Waals surface area (Å²) in [5.74, 6) is -1.18. The molecule has 1 fully saturated rings. The summed E-state index contributed by atoms with van der Waals surface area (Å²) in [7, 11) is -4.58. The van der Waals surface area contributed by atoms with Crippen molar-refractivity contribution in [3.8, 4) is 0 Å². The molecule has 4 rings (SSSR count). The highest BCUT2D eigenvalue weighted by Gasteiger charge is 2.36. The van der Waals surface area contributed by atoms with E-state index in [1.54, 1.807) is 25.1 Å². The number of anilines is 1. The standard InChI is InChI=1S/C32H35ClF3N3O4S/c1-22-13-15-24(16-14-22)20-38(23(2)31(41)37-26-9-5-3-6-10-26)30(40)21-39(44(42,43)27-11-7-4-8-12-27)29-19-25(32(34,35)36)17-18-28(29)33/h4,7-8,11-19,23,26H,3,5-6,9-10,20-21H2,1-2H3,(H,37,41)/t23-/m0/s1. The predicted molar refractivity (Wildman–Crippen MR) is 164 cm³/mol. The Morgan fingerprint density at radius 1 is 0.977 bits per heavy atom. The topological polar surface area (TPSA) is 86.8 Å². The van der Waals surface area contributed by atoms with Crippen LogP contribution >= 0.6 is 11.6 Å². The average Bonchev–Trinajstić information content (AvgIpc) is 3.00. The molecule has 1 atom stereocenters. The average molecular weight is 650 g/mol. The maximum atomic E-state index is 14.1. The van der Waals surface area contributed by atoms with Crippen molar-refractivity contribution in [3.63, 3.8) is 0 Å². The lowest BCUT2D eigenvalue weighted by atomic mass is 9.95. The van der Waals surface area contributed by atoms with E-state index in [1.807, 2.05) is 19.1 Å². The van der Waals surface area contributed by atoms with Crippen LogP contribution in [0.15, 0.2) is 77.7 Å². The Kier molecular flexibility index (Phi) is 10.6. The number of benzene rings is 3. The smallest absolute Gasteiger partial charge is 0.352 e. The van der Waals surface area contributed by atoms with Gasteiger partial charge in [-0.05, 0) is 62.6 Å². The molecule has 0 bridgehead atoms. The van der Waals surface area contributed by atoms with Gasteiger partial charge in [-0.15, -0.1) is 0 Å². The molecule has 3 aromatic carbocycles. The molecule has 0 radical (unpaired) electrons. The molecule has 1 saturated carbocycles. The van der Waals surface area contributed by atoms with E-state index in [4.69, 9.17) is 11.6 Å². The summed E-state index contributed by atoms with van der Waals surface area (Å²) in [4.78, 5) is 28.5. The van der Waals surface area contributed by atoms with E-state index >= 15 is 0 Å². The van der Waals surface area contributed by atoms with Crippen LogP contribution in [0, 0.1) is 6.92 Å². The van der Waals surface area contributed by atoms with Gasteiger partial charge in [0.2, 0.25) is 11.8 Å². The molecule has 7 nitrogen and oxygen atoms in total. The second-order valence-electron chi connectivity index (χ2n) is 11.0. The van der Waals surface area contributed by atoms with Crippen LogP contribution in [0.3, 0.4) is 0 Å². The summed E-state index contributed by atoms with van der Waals surface area (Å²) in [6, 6.07) is 15.6. The molecule has 0 saturated heterocycles. The molecule has 0 heterocycles. The molecular weight excluding hydrogens is 615 g/mol. The van der Waals surface area contributed by atoms with Gasteiger partial charge in [0.05, 0.1) is 21.2 Å². The Morgan fingerprint density at radius 2 is 1.61 bits per heavy atom. The van der Waals surface area contributed by atoms with E-state index in [0.29, 0.717) is 15.9 Å². The van der Waals surface area contributed by atoms with E-state index in [2.05, 4.69) is 5.32 Å². The third kappa shape index (κ3) is 8.12. The van der Waals surface area contributed by atoms with Gasteiger partial charge in [-0.25, -0.2) is 8.42 Å². The van der Waals surface area contributed by atoms with Crippen molar-refractivity contribution in [2.75, 3.05) is 10.8 Å². The molecule has 1 N–H and O–H groups in total. The Bertz CT molecular complexity index is 1560. The molecular formula is C32H35ClF3N3O4S. The predicted octanol–water partition coefficient (Wildman–Crippen LogP) is 6.73. The maximum absolute atomic E-state index is 14.1. The van der Waals surface area contributed by atoms with E-state index in [9.17, 15) is 31.2 Å². The zero-order valence-electron chi connectivity index (χ0n) is 24.5. The van der Waals surface area contributed by atoms with Gasteiger partial charge in [-0.2, -0.15) is 13.2 Å². The minimum absolute atomic E-state index is 0.0334. The van der Waals surface area contributed by atoms with Crippen molar-refractivity contribution in [1.82, 2.24) is 10.2 Å². The number of sulfonamides is 1. The number of amides is 2. The van der Waals surface area contributed by atoms with Crippen molar-refractivity contribution in [3.05, 3.63) is 94.5 Å². The number of aryl methyl sites for hydroxylation is 1. The summed E-state index contributed by atoms with van der Waals surface area (Å²) >= 11 is 6.30. The zero-order chi connectivity index (χ0) is 32.1. The quantitative estimate of drug-likeness (QED) is 0.264. The number of carbonyl (C=O) groups is 2. The molecule has 12 heteroatoms. The zero-order valence-corrected chi connectivity index (χ0v) is 26.1. The Morgan fingerprint density at radius 3 is 2.23 bits per heavy atom. The van der Waals surface area contributed by atoms with E-state index < -0.39 is 51.9 Å². The van der Waals surface area contributed by atoms with Gasteiger partial charge in [0.25, 0.3) is 10.0 Å². The molecule has 236 valence electrons. The van der Waals surface area contributed by atoms with E-state index in [-0.39, 0.29) is 22.5 Å². The summed E-state index contributed by atoms with van der Waals surface area (Å²) in [5.41, 5.74) is 0.0347. The summed E-state index contributed by atoms with van der Waals surface area (Å²) in [5, 5.41) is 2.72. The van der Waals surface area contributed by atoms with Crippen LogP contribution in [0.25, 0.3) is 0 Å². The number of nitrogens with one attached hydrogen (secondary N) is 1. The monoisotopic (exact) mass is 649 g/mol. The SMILES string of the molecule is Cc1ccc(CN(C(=O)CN(c2cc(C(F)(F)F)ccc2Cl)S(=O)(=O)c2ccccc2)[C@@H](C)C(=O)NC2CCCCC2)cc1. The first-order chi connectivity index (χ1) is 20.8. The number of hydrogen-bond acceptors (Lipinski definition) is 4. The van der Waals surface area contributed by atoms with Crippen LogP contribution in [-0.2, 0) is 32.3 Å². The van der Waals surface area contributed by atoms with Crippen molar-refractivity contribution in [2.45, 2.75) is 75.7 Å². The first kappa shape index (κ1) is 33.3. The first-order valence-electron chi connectivity index (χ1n) is 14.4. The van der Waals surface area contributed by atoms with Gasteiger partial charge >= 0.3 is 6.18 Å². The third-order valence-electron chi connectivity index (χ3n) is 7.74. The molecule has 0 aliphatic heterocycles. The van der Waals surface area contributed by atoms with Gasteiger partial charge in [0.1, 0.15) is 12.6 Å². The molecule has 1 aliphatic rings. The van der Waals surface area contributed by atoms with Crippen molar-refractivity contribution < 1.29 is 31.2 Å². The summed E-state index contributed by atoms with van der Waals surface area (Å²) in [6.07, 6.45) is -0.105. The number of carbonyl (C=O) groups excluding carboxylic acids is 2. The van der Waals surface area contributed by atoms with E-state index in [0.717, 1.165) is 49.8 Å². The number of nitrogens with zero attached hydrogens (tertiary/aromatic N) is 2. The number of halogens is 4. The third-order valence-corrected chi connectivity index (χ3v) is 9.84. The Labute approximate surface area is 261 Å². The van der Waals surface area contributed by atoms with Gasteiger partial charge in [0, 0.05) is 12.6 Å². The highest BCUT2D eigenvalue weighted by Crippen LogP contribution is 2.37. The van der Waals surface area contributed by atoms with Crippen molar-refractivity contribution in [2.24, 2.45) is 0 Å². The number of alkyl halides is 3. The lowest BCUT2D eigenvalue weighted by Gasteiger charge is -2.33. The van der Waals surface area contributed by atoms with Crippen LogP contribution in [0.2, 0.25) is 5.02 Å². The summed E-state index contributed by atoms with van der Waals surface area (Å²) < 4.78 is 69.5. The minimum Gasteiger partial charge on any atom is -0.352 e. The van der Waals surface area contributed by atoms with Crippen molar-refractivity contribution in [1.29, 1.82) is 0 Å². The molecule has 44 heavy (non-hydrogen) atoms. The molecule has 0 spiro atoms. The molecule has 2 amide bonds. The second-order valence-corrected chi connectivity index (χ2v) is 13.3. The normalized spacial score (nSPS) is 15.0. The van der Waals surface area contributed by atoms with Gasteiger partial charge < -0.3 is 10.2 Å². The summed E-state index contributed by atoms with van der Waals surface area (Å²) in [6.45, 7) is 2.52. The fraction of sp³-hybridized carbons (Fsp3) is 0.375. The van der Waals surface area contributed by atoms with Crippen LogP contribution in [-0.4, -0.2) is 43.8 Å². The van der Waals surface area contributed by atoms with Crippen molar-refractivity contribution >= 4 is 39.1 Å². The van der Waals surface area contributed by atoms with Crippen LogP contribution in [0.1, 0.15) is 55.7 Å². The number of rotatable bonds is 10. The molecule has 1 aliphatic carbocycles. The van der Waals surface area contributed by atoms with Crippen LogP contribution in [0.5, 0.6) is 0 Å². The number of hydrogen-bond donors (Lipinski definition) is 1. The molecule has 0 unspecified atom stereocenters. The van der Waals surface area contributed by atoms with Crippen LogP contribution in [0.4, 0.5) is 18.9 Å². The second kappa shape index (κ2) is 14.0. The van der Waals surface area contributed by atoms with Gasteiger partial charge in [-0.3, -0.25) is 13.9 Å². The van der Waals surface area contributed by atoms with Gasteiger partial charge in [-0.1, -0.05) is 78.9 Å². The van der Waals surface area contributed by atoms with Gasteiger partial charge in [0.15, 0.2) is 0 Å². The highest BCUT2D eigenvalue weighted by molar-refractivity contribution is 7.92. The highest BCUT2D eigenvalue weighted by atomic mass is 35.5. The first-order valence-corrected chi connectivity index (χ1v) is 16.2. The fourth-order valence-corrected chi connectivity index (χ4v) is 6.87. The fourth-order valence-electron chi connectivity index (χ4n) is 5.15. The Hall–Kier alpha value is -3.57. The molecule has 0 aromatic heterocycles. The van der Waals surface area contributed by atoms with Crippen LogP contribution < -0.4 is 9.62 Å². The largest absolute Gasteiger partial charge is 0.416 e. The lowest BCUT2D eigenvalue weighted by Crippen LogP contribution is -2.53. The van der Waals surface area contributed by atoms with E-state index in [1.165, 1.54) is 29.2 Å². The maximum Gasteiger partial charge on any atom is 0.416 e. The minimum atomic E-state index is -4.80. The molecule has 3 aromatic rings.